The van der Waals surface area contributed by atoms with Crippen LogP contribution in [0.2, 0.25) is 0 Å². The van der Waals surface area contributed by atoms with Crippen molar-refractivity contribution in [3.63, 3.8) is 0 Å². The van der Waals surface area contributed by atoms with Gasteiger partial charge in [0.1, 0.15) is 0 Å². The van der Waals surface area contributed by atoms with E-state index in [0.29, 0.717) is 0 Å². The summed E-state index contributed by atoms with van der Waals surface area (Å²) in [5, 5.41) is 8.58. The Morgan fingerprint density at radius 2 is 3.25 bits per heavy atom. The van der Waals surface area contributed by atoms with Crippen molar-refractivity contribution in [1.82, 2.24) is 0 Å². The fraction of sp³-hybridized carbons (Fsp3) is 1.00. The summed E-state index contributed by atoms with van der Waals surface area (Å²) in [6.07, 6.45) is -2.60. The van der Waals surface area contributed by atoms with Gasteiger partial charge in [0.15, 0.2) is 0 Å². The van der Waals surface area contributed by atoms with Gasteiger partial charge in [0, 0.05) is 11.6 Å². The Morgan fingerprint density at radius 3 is 3.25 bits per heavy atom. The Bertz CT molecular complexity index is 94.9. The first-order valence-corrected chi connectivity index (χ1v) is 0.827. The van der Waals surface area contributed by atoms with E-state index in [1.807, 2.05) is 0 Å². The van der Waals surface area contributed by atoms with Crippen LogP contribution in [0.25, 0.3) is 0 Å². The maximum Gasteiger partial charge on any atom is 0.0594 e. The van der Waals surface area contributed by atoms with Crippen molar-refractivity contribution >= 4 is 0 Å². The lowest BCUT2D eigenvalue weighted by Gasteiger charge is -1.80. The number of hydrogen-bond acceptors (Lipinski definition) is 1. The van der Waals surface area contributed by atoms with E-state index < -0.39 is 19.8 Å². The van der Waals surface area contributed by atoms with Crippen molar-refractivity contribution in [2.75, 3.05) is 0 Å². The highest BCUT2D eigenvalue weighted by molar-refractivity contribution is 4.20. The van der Waals surface area contributed by atoms with Crippen LogP contribution in [-0.4, -0.2) is 11.2 Å². The fourth-order valence-electron chi connectivity index (χ4n) is 0. The summed E-state index contributed by atoms with van der Waals surface area (Å²) in [6, 6.07) is 0. The van der Waals surface area contributed by atoms with Gasteiger partial charge in [-0.05, 0) is 13.8 Å². The number of aliphatic hydroxyl groups is 1. The molecule has 0 saturated carbocycles. The average molecular weight is 70.1 g/mol. The molecule has 4 heavy (non-hydrogen) atoms. The molecule has 0 aromatic carbocycles. The van der Waals surface area contributed by atoms with Gasteiger partial charge in [-0.15, -0.1) is 0 Å². The van der Waals surface area contributed by atoms with E-state index in [2.05, 4.69) is 0 Å². The van der Waals surface area contributed by atoms with Gasteiger partial charge in [0.05, 0.1) is 1.37 Å². The van der Waals surface area contributed by atoms with Gasteiger partial charge in [0.2, 0.25) is 0 Å². The third kappa shape index (κ3) is 1130. The first-order valence-electron chi connectivity index (χ1n) is 3.53. The maximum absolute atomic E-state index is 8.58. The molecule has 0 amide bonds. The molecule has 0 heterocycles. The molecular weight excluding hydrogens is 52.0 g/mol. The van der Waals surface area contributed by atoms with Crippen LogP contribution >= 0.6 is 0 Å². The molecule has 0 aliphatic rings. The van der Waals surface area contributed by atoms with Crippen LogP contribution in [0.1, 0.15) is 20.6 Å². The third-order valence-electron chi connectivity index (χ3n) is 0. The zero-order valence-electron chi connectivity index (χ0n) is 7.15. The molecule has 26 valence electrons. The fourth-order valence-corrected chi connectivity index (χ4v) is 0. The molecule has 1 unspecified atom stereocenters. The average Bonchev–Trinajstić information content (AvgIpc) is 1.64. The normalized spacial score (nSPS) is 44.8. The summed E-state index contributed by atoms with van der Waals surface area (Å²) < 4.78 is 32.6. The zero-order valence-corrected chi connectivity index (χ0v) is 2.15. The molecule has 0 fully saturated rings. The molecule has 0 bridgehead atoms. The maximum atomic E-state index is 8.58. The molecule has 0 saturated heterocycles. The lowest BCUT2D eigenvalue weighted by molar-refractivity contribution is 0.216. The van der Waals surface area contributed by atoms with Crippen LogP contribution in [0.3, 0.4) is 0 Å². The first kappa shape index (κ1) is 0.548. The highest BCUT2D eigenvalue weighted by Gasteiger charge is 1.69. The zero-order chi connectivity index (χ0) is 7.71. The highest BCUT2D eigenvalue weighted by atomic mass is 16.3. The van der Waals surface area contributed by atoms with E-state index >= 15 is 0 Å². The van der Waals surface area contributed by atoms with E-state index in [9.17, 15) is 0 Å². The predicted octanol–water partition coefficient (Wildman–Crippen LogP) is 0.387. The van der Waals surface area contributed by atoms with E-state index in [0.717, 1.165) is 0 Å². The minimum absolute atomic E-state index is 0.830. The Hall–Kier alpha value is -0.0400. The van der Waals surface area contributed by atoms with Gasteiger partial charge >= 0.3 is 0 Å². The van der Waals surface area contributed by atoms with Crippen LogP contribution in [0, 0.1) is 0 Å². The van der Waals surface area contributed by atoms with Crippen molar-refractivity contribution in [3.8, 4) is 0 Å². The summed E-state index contributed by atoms with van der Waals surface area (Å²) in [6.45, 7) is -3.60. The smallest absolute Gasteiger partial charge is 0.0594 e. The van der Waals surface area contributed by atoms with Crippen molar-refractivity contribution < 1.29 is 12.0 Å². The molecule has 0 aromatic heterocycles. The molecule has 0 spiro atoms. The lowest BCUT2D eigenvalue weighted by atomic mass is 10.5. The quantitative estimate of drug-likeness (QED) is 0.437. The topological polar surface area (TPSA) is 20.2 Å². The standard InChI is InChI=1S/C3H8O/c1-3(2)4/h3-4H,1-2H3/i1T,2T3,3T. The van der Waals surface area contributed by atoms with Crippen LogP contribution < -0.4 is 0 Å². The summed E-state index contributed by atoms with van der Waals surface area (Å²) in [5.74, 6) is 0. The summed E-state index contributed by atoms with van der Waals surface area (Å²) >= 11 is 0. The minimum Gasteiger partial charge on any atom is -0.394 e. The highest BCUT2D eigenvalue weighted by Crippen LogP contribution is 1.65. The molecule has 0 aliphatic carbocycles. The Balaban J connectivity index is 4.14. The van der Waals surface area contributed by atoms with Crippen LogP contribution in [0.5, 0.6) is 0 Å². The molecule has 0 rings (SSSR count). The monoisotopic (exact) mass is 70.1 g/mol. The molecule has 1 nitrogen and oxygen atoms in total. The van der Waals surface area contributed by atoms with Crippen LogP contribution in [0.15, 0.2) is 0 Å². The molecule has 1 atom stereocenters. The predicted molar refractivity (Wildman–Crippen MR) is 17.4 cm³/mol. The molecule has 1 heteroatoms. The van der Waals surface area contributed by atoms with Gasteiger partial charge in [-0.3, -0.25) is 0 Å². The molecule has 1 N–H and O–H groups in total. The van der Waals surface area contributed by atoms with Crippen molar-refractivity contribution in [3.05, 3.63) is 0 Å². The van der Waals surface area contributed by atoms with Crippen LogP contribution in [-0.2, 0) is 0 Å². The van der Waals surface area contributed by atoms with E-state index in [1.54, 1.807) is 0 Å². The van der Waals surface area contributed by atoms with Gasteiger partial charge < -0.3 is 5.11 Å². The second kappa shape index (κ2) is 1.30. The molecule has 0 aliphatic heterocycles. The van der Waals surface area contributed by atoms with E-state index in [4.69, 9.17) is 12.0 Å². The second-order valence-corrected chi connectivity index (χ2v) is 0.447. The Labute approximate surface area is 33.3 Å². The largest absolute Gasteiger partial charge is 0.394 e. The van der Waals surface area contributed by atoms with Gasteiger partial charge in [-0.25, -0.2) is 0 Å². The number of hydrogen-bond donors (Lipinski definition) is 1. The van der Waals surface area contributed by atoms with Gasteiger partial charge in [-0.1, -0.05) is 0 Å². The molecule has 0 aromatic rings. The second-order valence-electron chi connectivity index (χ2n) is 0.447. The summed E-state index contributed by atoms with van der Waals surface area (Å²) in [5.41, 5.74) is 0. The lowest BCUT2D eigenvalue weighted by Crippen LogP contribution is -1.85. The van der Waals surface area contributed by atoms with Gasteiger partial charge in [0.25, 0.3) is 0 Å². The molecular formula is C3H8O. The first-order chi connectivity index (χ1) is 3.81. The van der Waals surface area contributed by atoms with Crippen molar-refractivity contribution in [2.24, 2.45) is 0 Å². The van der Waals surface area contributed by atoms with Gasteiger partial charge in [-0.2, -0.15) is 0 Å². The van der Waals surface area contributed by atoms with E-state index in [1.165, 1.54) is 0 Å². The number of rotatable bonds is 0. The summed E-state index contributed by atoms with van der Waals surface area (Å²) in [4.78, 5) is 0. The summed E-state index contributed by atoms with van der Waals surface area (Å²) in [7, 11) is 0. The van der Waals surface area contributed by atoms with Crippen molar-refractivity contribution in [1.29, 1.82) is 0 Å². The Morgan fingerprint density at radius 1 is 2.50 bits per heavy atom. The van der Waals surface area contributed by atoms with Crippen molar-refractivity contribution in [2.45, 2.75) is 19.8 Å². The van der Waals surface area contributed by atoms with Crippen LogP contribution in [0.4, 0.5) is 0 Å². The molecule has 0 radical (unpaired) electrons. The third-order valence-corrected chi connectivity index (χ3v) is 0. The van der Waals surface area contributed by atoms with E-state index in [-0.39, 0.29) is 0 Å². The SMILES string of the molecule is [3H]CC([3H])(O)C([3H])([3H])[3H]. The Kier molecular flexibility index (Phi) is 0.178. The minimum atomic E-state index is -2.77.